The van der Waals surface area contributed by atoms with Crippen LogP contribution < -0.4 is 30.5 Å². The van der Waals surface area contributed by atoms with Gasteiger partial charge in [0.2, 0.25) is 0 Å². The molecule has 1 aliphatic rings. The Morgan fingerprint density at radius 2 is 0.544 bits per heavy atom. The average molecular weight is 745 g/mol. The highest BCUT2D eigenvalue weighted by Crippen LogP contribution is 2.40. The van der Waals surface area contributed by atoms with Crippen molar-refractivity contribution in [2.24, 2.45) is 0 Å². The summed E-state index contributed by atoms with van der Waals surface area (Å²) in [5.41, 5.74) is 11.8. The summed E-state index contributed by atoms with van der Waals surface area (Å²) in [6.07, 6.45) is 0. The fraction of sp³-hybridized carbons (Fsp3) is 0. The van der Waals surface area contributed by atoms with E-state index >= 15 is 0 Å². The lowest BCUT2D eigenvalue weighted by molar-refractivity contribution is 1.29. The molecule has 9 aromatic rings. The number of benzene rings is 9. The molecule has 10 rings (SSSR count). The highest BCUT2D eigenvalue weighted by Gasteiger charge is 2.49. The monoisotopic (exact) mass is 744 g/mol. The van der Waals surface area contributed by atoms with E-state index in [1.807, 2.05) is 0 Å². The van der Waals surface area contributed by atoms with Gasteiger partial charge < -0.3 is 9.80 Å². The number of anilines is 6. The van der Waals surface area contributed by atoms with Crippen molar-refractivity contribution in [1.82, 2.24) is 0 Å². The first kappa shape index (κ1) is 34.3. The predicted octanol–water partition coefficient (Wildman–Crippen LogP) is 11.7. The lowest BCUT2D eigenvalue weighted by Gasteiger charge is -2.33. The minimum atomic E-state index is -2.89. The van der Waals surface area contributed by atoms with Crippen LogP contribution in [0, 0.1) is 0 Å². The van der Waals surface area contributed by atoms with E-state index in [9.17, 15) is 0 Å². The van der Waals surface area contributed by atoms with Crippen LogP contribution in [0.5, 0.6) is 0 Å². The van der Waals surface area contributed by atoms with Gasteiger partial charge in [-0.3, -0.25) is 0 Å². The van der Waals surface area contributed by atoms with E-state index < -0.39 is 8.07 Å². The Labute approximate surface area is 336 Å². The van der Waals surface area contributed by atoms with Crippen LogP contribution in [0.15, 0.2) is 243 Å². The lowest BCUT2D eigenvalue weighted by atomic mass is 10.0. The number of fused-ring (bicyclic) bond motifs is 3. The Kier molecular flexibility index (Phi) is 8.90. The van der Waals surface area contributed by atoms with Crippen molar-refractivity contribution in [3.8, 4) is 22.3 Å². The van der Waals surface area contributed by atoms with Gasteiger partial charge in [0, 0.05) is 34.1 Å². The molecule has 57 heavy (non-hydrogen) atoms. The Morgan fingerprint density at radius 1 is 0.246 bits per heavy atom. The van der Waals surface area contributed by atoms with Gasteiger partial charge in [-0.1, -0.05) is 170 Å². The smallest absolute Gasteiger partial charge is 0.181 e. The van der Waals surface area contributed by atoms with Gasteiger partial charge in [0.05, 0.1) is 0 Å². The zero-order chi connectivity index (χ0) is 38.0. The predicted molar refractivity (Wildman–Crippen MR) is 244 cm³/mol. The minimum Gasteiger partial charge on any atom is -0.311 e. The molecule has 0 saturated heterocycles. The summed E-state index contributed by atoms with van der Waals surface area (Å²) in [6, 6.07) is 88.8. The molecule has 9 aromatic carbocycles. The summed E-state index contributed by atoms with van der Waals surface area (Å²) < 4.78 is 0. The fourth-order valence-corrected chi connectivity index (χ4v) is 14.0. The molecule has 0 amide bonds. The quantitative estimate of drug-likeness (QED) is 0.136. The van der Waals surface area contributed by atoms with E-state index in [0.29, 0.717) is 0 Å². The second-order valence-electron chi connectivity index (χ2n) is 14.5. The third kappa shape index (κ3) is 6.06. The largest absolute Gasteiger partial charge is 0.311 e. The standard InChI is InChI=1S/C54H40N2Si/c1-7-19-41(20-8-1)42-31-33-46(34-32-42)56(45-25-13-4-14-26-45)48-36-38-52-51-37-35-47(55(43-21-9-2-10-22-43)44-23-11-3-12-24-44)39-53(51)57(54(52)40-48,49-27-15-5-16-28-49)50-29-17-6-18-30-50/h1-40H. The molecule has 3 heteroatoms. The molecule has 1 heterocycles. The van der Waals surface area contributed by atoms with Gasteiger partial charge in [-0.25, -0.2) is 0 Å². The molecular formula is C54H40N2Si. The number of para-hydroxylation sites is 3. The van der Waals surface area contributed by atoms with Crippen LogP contribution >= 0.6 is 0 Å². The van der Waals surface area contributed by atoms with Crippen LogP contribution in [-0.4, -0.2) is 8.07 Å². The summed E-state index contributed by atoms with van der Waals surface area (Å²) >= 11 is 0. The van der Waals surface area contributed by atoms with Gasteiger partial charge in [0.15, 0.2) is 8.07 Å². The molecule has 2 nitrogen and oxygen atoms in total. The first-order valence-corrected chi connectivity index (χ1v) is 21.6. The third-order valence-electron chi connectivity index (χ3n) is 11.3. The van der Waals surface area contributed by atoms with Crippen LogP contribution in [-0.2, 0) is 0 Å². The van der Waals surface area contributed by atoms with Crippen molar-refractivity contribution in [3.63, 3.8) is 0 Å². The van der Waals surface area contributed by atoms with Crippen LogP contribution in [0.4, 0.5) is 34.1 Å². The van der Waals surface area contributed by atoms with Crippen molar-refractivity contribution in [2.75, 3.05) is 9.80 Å². The average Bonchev–Trinajstić information content (AvgIpc) is 3.58. The van der Waals surface area contributed by atoms with Crippen LogP contribution in [0.3, 0.4) is 0 Å². The molecule has 270 valence electrons. The maximum Gasteiger partial charge on any atom is 0.181 e. The summed E-state index contributed by atoms with van der Waals surface area (Å²) in [4.78, 5) is 4.80. The minimum absolute atomic E-state index is 1.12. The van der Waals surface area contributed by atoms with Crippen LogP contribution in [0.25, 0.3) is 22.3 Å². The SMILES string of the molecule is c1ccc(-c2ccc(N(c3ccccc3)c3ccc4c(c3)[Si](c3ccccc3)(c3ccccc3)c3cc(N(c5ccccc5)c5ccccc5)ccc3-4)cc2)cc1. The molecule has 0 aromatic heterocycles. The Balaban J connectivity index is 1.21. The van der Waals surface area contributed by atoms with E-state index in [1.165, 1.54) is 43.0 Å². The summed E-state index contributed by atoms with van der Waals surface area (Å²) in [5, 5.41) is 5.54. The molecule has 1 aliphatic heterocycles. The van der Waals surface area contributed by atoms with E-state index in [2.05, 4.69) is 252 Å². The molecule has 0 saturated carbocycles. The molecule has 0 unspecified atom stereocenters. The Hall–Kier alpha value is -7.20. The summed E-state index contributed by atoms with van der Waals surface area (Å²) in [5.74, 6) is 0. The normalized spacial score (nSPS) is 12.4. The van der Waals surface area contributed by atoms with Gasteiger partial charge in [0.25, 0.3) is 0 Å². The molecule has 0 aliphatic carbocycles. The van der Waals surface area contributed by atoms with E-state index in [4.69, 9.17) is 0 Å². The second-order valence-corrected chi connectivity index (χ2v) is 18.3. The van der Waals surface area contributed by atoms with Gasteiger partial charge in [-0.05, 0) is 116 Å². The van der Waals surface area contributed by atoms with E-state index in [1.54, 1.807) is 0 Å². The maximum absolute atomic E-state index is 2.89. The molecule has 0 spiro atoms. The third-order valence-corrected chi connectivity index (χ3v) is 16.2. The van der Waals surface area contributed by atoms with Crippen molar-refractivity contribution >= 4 is 62.9 Å². The molecule has 0 fully saturated rings. The molecular weight excluding hydrogens is 705 g/mol. The molecule has 0 atom stereocenters. The molecule has 0 bridgehead atoms. The van der Waals surface area contributed by atoms with Crippen molar-refractivity contribution < 1.29 is 0 Å². The van der Waals surface area contributed by atoms with Crippen molar-refractivity contribution in [1.29, 1.82) is 0 Å². The zero-order valence-corrected chi connectivity index (χ0v) is 32.5. The number of nitrogens with zero attached hydrogens (tertiary/aromatic N) is 2. The number of rotatable bonds is 9. The molecule has 0 radical (unpaired) electrons. The van der Waals surface area contributed by atoms with E-state index in [0.717, 1.165) is 34.1 Å². The summed E-state index contributed by atoms with van der Waals surface area (Å²) in [6.45, 7) is 0. The maximum atomic E-state index is 2.51. The molecule has 0 N–H and O–H groups in total. The van der Waals surface area contributed by atoms with Crippen LogP contribution in [0.1, 0.15) is 0 Å². The summed E-state index contributed by atoms with van der Waals surface area (Å²) in [7, 11) is -2.89. The highest BCUT2D eigenvalue weighted by atomic mass is 28.3. The Morgan fingerprint density at radius 3 is 0.930 bits per heavy atom. The van der Waals surface area contributed by atoms with E-state index in [-0.39, 0.29) is 0 Å². The van der Waals surface area contributed by atoms with Crippen LogP contribution in [0.2, 0.25) is 0 Å². The highest BCUT2D eigenvalue weighted by molar-refractivity contribution is 7.22. The van der Waals surface area contributed by atoms with Crippen molar-refractivity contribution in [3.05, 3.63) is 243 Å². The van der Waals surface area contributed by atoms with Gasteiger partial charge in [-0.2, -0.15) is 0 Å². The van der Waals surface area contributed by atoms with Gasteiger partial charge >= 0.3 is 0 Å². The second kappa shape index (κ2) is 14.8. The number of hydrogen-bond acceptors (Lipinski definition) is 2. The lowest BCUT2D eigenvalue weighted by Crippen LogP contribution is -2.72. The first-order valence-electron chi connectivity index (χ1n) is 19.6. The topological polar surface area (TPSA) is 6.48 Å². The Bertz CT molecular complexity index is 2680. The van der Waals surface area contributed by atoms with Crippen molar-refractivity contribution in [2.45, 2.75) is 0 Å². The number of hydrogen-bond donors (Lipinski definition) is 0. The fourth-order valence-electron chi connectivity index (χ4n) is 8.80. The van der Waals surface area contributed by atoms with Gasteiger partial charge in [0.1, 0.15) is 0 Å². The first-order chi connectivity index (χ1) is 28.3. The zero-order valence-electron chi connectivity index (χ0n) is 31.5. The van der Waals surface area contributed by atoms with Gasteiger partial charge in [-0.15, -0.1) is 0 Å².